The summed E-state index contributed by atoms with van der Waals surface area (Å²) in [5.41, 5.74) is 0.875. The molecular weight excluding hydrogens is 270 g/mol. The molecule has 0 aliphatic carbocycles. The van der Waals surface area contributed by atoms with Crippen LogP contribution in [0.5, 0.6) is 17.2 Å². The number of methoxy groups -OCH3 is 3. The van der Waals surface area contributed by atoms with Crippen molar-refractivity contribution in [3.8, 4) is 17.2 Å². The van der Waals surface area contributed by atoms with Gasteiger partial charge in [0, 0.05) is 13.1 Å². The predicted molar refractivity (Wildman–Crippen MR) is 81.5 cm³/mol. The molecule has 5 heteroatoms. The average Bonchev–Trinajstić information content (AvgIpc) is 2.53. The van der Waals surface area contributed by atoms with E-state index in [2.05, 4.69) is 19.2 Å². The highest BCUT2D eigenvalue weighted by Crippen LogP contribution is 2.41. The topological polar surface area (TPSA) is 49.0 Å². The summed E-state index contributed by atoms with van der Waals surface area (Å²) < 4.78 is 22.4. The van der Waals surface area contributed by atoms with Crippen molar-refractivity contribution in [2.75, 3.05) is 34.4 Å². The fraction of sp³-hybridized carbons (Fsp3) is 0.625. The van der Waals surface area contributed by atoms with Crippen LogP contribution in [-0.2, 0) is 4.74 Å². The molecule has 1 aromatic carbocycles. The lowest BCUT2D eigenvalue weighted by Crippen LogP contribution is -2.48. The maximum absolute atomic E-state index is 6.27. The molecule has 0 spiro atoms. The zero-order valence-electron chi connectivity index (χ0n) is 13.5. The Kier molecular flexibility index (Phi) is 4.96. The minimum atomic E-state index is -0.149. The molecule has 2 unspecified atom stereocenters. The molecule has 1 N–H and O–H groups in total. The summed E-state index contributed by atoms with van der Waals surface area (Å²) in [4.78, 5) is 0. The van der Waals surface area contributed by atoms with Crippen LogP contribution in [0.2, 0.25) is 0 Å². The van der Waals surface area contributed by atoms with Crippen LogP contribution >= 0.6 is 0 Å². The first kappa shape index (κ1) is 15.9. The Morgan fingerprint density at radius 2 is 1.81 bits per heavy atom. The molecule has 0 saturated carbocycles. The van der Waals surface area contributed by atoms with E-state index in [-0.39, 0.29) is 11.7 Å². The summed E-state index contributed by atoms with van der Waals surface area (Å²) in [6.07, 6.45) is 0.929. The monoisotopic (exact) mass is 295 g/mol. The van der Waals surface area contributed by atoms with Gasteiger partial charge in [0.05, 0.1) is 33.0 Å². The molecule has 0 bridgehead atoms. The number of hydrogen-bond acceptors (Lipinski definition) is 5. The first-order chi connectivity index (χ1) is 10.1. The van der Waals surface area contributed by atoms with E-state index in [1.54, 1.807) is 21.3 Å². The Balaban J connectivity index is 2.35. The first-order valence-electron chi connectivity index (χ1n) is 7.25. The molecule has 1 aliphatic heterocycles. The van der Waals surface area contributed by atoms with Gasteiger partial charge in [-0.2, -0.15) is 0 Å². The second-order valence-corrected chi connectivity index (χ2v) is 5.50. The van der Waals surface area contributed by atoms with Gasteiger partial charge in [-0.1, -0.05) is 6.92 Å². The van der Waals surface area contributed by atoms with Gasteiger partial charge in [-0.3, -0.25) is 0 Å². The summed E-state index contributed by atoms with van der Waals surface area (Å²) >= 11 is 0. The third kappa shape index (κ3) is 3.24. The Morgan fingerprint density at radius 1 is 1.19 bits per heavy atom. The standard InChI is InChI=1S/C16H25NO4/c1-6-16(2)10-17-9-14(21-16)11-7-12(18-3)15(20-5)13(8-11)19-4/h7-8,14,17H,6,9-10H2,1-5H3. The summed E-state index contributed by atoms with van der Waals surface area (Å²) in [5.74, 6) is 1.91. The van der Waals surface area contributed by atoms with Crippen molar-refractivity contribution in [1.82, 2.24) is 5.32 Å². The quantitative estimate of drug-likeness (QED) is 0.904. The molecule has 2 rings (SSSR count). The van der Waals surface area contributed by atoms with Crippen molar-refractivity contribution in [3.63, 3.8) is 0 Å². The number of hydrogen-bond donors (Lipinski definition) is 1. The van der Waals surface area contributed by atoms with Crippen molar-refractivity contribution >= 4 is 0 Å². The van der Waals surface area contributed by atoms with Crippen LogP contribution in [0.15, 0.2) is 12.1 Å². The van der Waals surface area contributed by atoms with Crippen molar-refractivity contribution in [1.29, 1.82) is 0 Å². The Bertz CT molecular complexity index is 466. The van der Waals surface area contributed by atoms with Crippen LogP contribution in [0.1, 0.15) is 31.9 Å². The maximum Gasteiger partial charge on any atom is 0.203 e. The Hall–Kier alpha value is -1.46. The zero-order chi connectivity index (χ0) is 15.5. The third-order valence-electron chi connectivity index (χ3n) is 4.06. The number of nitrogens with one attached hydrogen (secondary N) is 1. The van der Waals surface area contributed by atoms with Crippen molar-refractivity contribution < 1.29 is 18.9 Å². The fourth-order valence-electron chi connectivity index (χ4n) is 2.58. The van der Waals surface area contributed by atoms with Crippen LogP contribution in [0.25, 0.3) is 0 Å². The molecule has 1 heterocycles. The van der Waals surface area contributed by atoms with Gasteiger partial charge in [-0.05, 0) is 31.0 Å². The van der Waals surface area contributed by atoms with Crippen molar-refractivity contribution in [3.05, 3.63) is 17.7 Å². The predicted octanol–water partition coefficient (Wildman–Crippen LogP) is 2.54. The van der Waals surface area contributed by atoms with Crippen molar-refractivity contribution in [2.24, 2.45) is 0 Å². The van der Waals surface area contributed by atoms with E-state index in [0.717, 1.165) is 25.1 Å². The summed E-state index contributed by atoms with van der Waals surface area (Å²) in [5, 5.41) is 3.44. The zero-order valence-corrected chi connectivity index (χ0v) is 13.5. The lowest BCUT2D eigenvalue weighted by molar-refractivity contribution is -0.109. The molecule has 1 aromatic rings. The molecule has 1 saturated heterocycles. The highest BCUT2D eigenvalue weighted by Gasteiger charge is 2.32. The molecular formula is C16H25NO4. The largest absolute Gasteiger partial charge is 0.493 e. The maximum atomic E-state index is 6.27. The molecule has 1 fully saturated rings. The Labute approximate surface area is 126 Å². The SMILES string of the molecule is CCC1(C)CNCC(c2cc(OC)c(OC)c(OC)c2)O1. The van der Waals surface area contributed by atoms with E-state index in [1.807, 2.05) is 12.1 Å². The normalized spacial score (nSPS) is 25.5. The molecule has 21 heavy (non-hydrogen) atoms. The van der Waals surface area contributed by atoms with Crippen LogP contribution in [0, 0.1) is 0 Å². The van der Waals surface area contributed by atoms with Crippen LogP contribution in [0.3, 0.4) is 0 Å². The average molecular weight is 295 g/mol. The summed E-state index contributed by atoms with van der Waals surface area (Å²) in [6.45, 7) is 5.90. The molecule has 0 aromatic heterocycles. The molecule has 118 valence electrons. The van der Waals surface area contributed by atoms with Crippen molar-refractivity contribution in [2.45, 2.75) is 32.0 Å². The van der Waals surface area contributed by atoms with Gasteiger partial charge in [0.2, 0.25) is 5.75 Å². The smallest absolute Gasteiger partial charge is 0.203 e. The van der Waals surface area contributed by atoms with Gasteiger partial charge in [0.25, 0.3) is 0 Å². The van der Waals surface area contributed by atoms with E-state index in [9.17, 15) is 0 Å². The van der Waals surface area contributed by atoms with Gasteiger partial charge < -0.3 is 24.3 Å². The minimum Gasteiger partial charge on any atom is -0.493 e. The molecule has 0 amide bonds. The van der Waals surface area contributed by atoms with Gasteiger partial charge in [0.1, 0.15) is 0 Å². The molecule has 1 aliphatic rings. The molecule has 5 nitrogen and oxygen atoms in total. The number of ether oxygens (including phenoxy) is 4. The van der Waals surface area contributed by atoms with Gasteiger partial charge in [-0.15, -0.1) is 0 Å². The van der Waals surface area contributed by atoms with Crippen LogP contribution in [-0.4, -0.2) is 40.0 Å². The lowest BCUT2D eigenvalue weighted by atomic mass is 9.98. The van der Waals surface area contributed by atoms with Gasteiger partial charge in [-0.25, -0.2) is 0 Å². The first-order valence-corrected chi connectivity index (χ1v) is 7.25. The second kappa shape index (κ2) is 6.54. The third-order valence-corrected chi connectivity index (χ3v) is 4.06. The van der Waals surface area contributed by atoms with E-state index >= 15 is 0 Å². The van der Waals surface area contributed by atoms with Crippen LogP contribution in [0.4, 0.5) is 0 Å². The van der Waals surface area contributed by atoms with Crippen LogP contribution < -0.4 is 19.5 Å². The number of morpholine rings is 1. The van der Waals surface area contributed by atoms with E-state index in [0.29, 0.717) is 17.2 Å². The van der Waals surface area contributed by atoms with Gasteiger partial charge in [0.15, 0.2) is 11.5 Å². The van der Waals surface area contributed by atoms with E-state index in [1.165, 1.54) is 0 Å². The van der Waals surface area contributed by atoms with Gasteiger partial charge >= 0.3 is 0 Å². The fourth-order valence-corrected chi connectivity index (χ4v) is 2.58. The molecule has 2 atom stereocenters. The minimum absolute atomic E-state index is 0.0302. The van der Waals surface area contributed by atoms with E-state index < -0.39 is 0 Å². The summed E-state index contributed by atoms with van der Waals surface area (Å²) in [7, 11) is 4.85. The highest BCUT2D eigenvalue weighted by molar-refractivity contribution is 5.54. The number of benzene rings is 1. The lowest BCUT2D eigenvalue weighted by Gasteiger charge is -2.39. The van der Waals surface area contributed by atoms with E-state index in [4.69, 9.17) is 18.9 Å². The second-order valence-electron chi connectivity index (χ2n) is 5.50. The summed E-state index contributed by atoms with van der Waals surface area (Å²) in [6, 6.07) is 3.91. The Morgan fingerprint density at radius 3 is 2.29 bits per heavy atom. The highest BCUT2D eigenvalue weighted by atomic mass is 16.5. The number of rotatable bonds is 5. The molecule has 0 radical (unpaired) electrons.